The average Bonchev–Trinajstić information content (AvgIpc) is 3.77. The molecule has 0 amide bonds. The molecule has 59 heavy (non-hydrogen) atoms. The fourth-order valence-electron chi connectivity index (χ4n) is 10.1. The number of furan rings is 1. The standard InChI is InChI=1S/C57H39NO/c1-57(2)50-24-9-7-18-45(50)48-23-12-26-52(56(48)57)58(40-31-28-37(29-32-40)42-20-11-21-43-41-17-6-5-14-36(41)30-33-44(42)43)51-25-10-8-19-46(51)47-22-13-27-53-55(47)49-34-38-15-3-4-16-39(38)35-54(49)59-53/h3-35H,1-2H3. The van der Waals surface area contributed by atoms with Crippen LogP contribution >= 0.6 is 0 Å². The lowest BCUT2D eigenvalue weighted by Crippen LogP contribution is -2.21. The minimum absolute atomic E-state index is 0.219. The van der Waals surface area contributed by atoms with E-state index in [1.807, 2.05) is 0 Å². The molecule has 1 aromatic heterocycles. The maximum absolute atomic E-state index is 6.61. The number of fused-ring (bicyclic) bond motifs is 10. The van der Waals surface area contributed by atoms with Crippen LogP contribution in [0.2, 0.25) is 0 Å². The number of para-hydroxylation sites is 1. The lowest BCUT2D eigenvalue weighted by molar-refractivity contribution is 0.661. The molecule has 0 unspecified atom stereocenters. The van der Waals surface area contributed by atoms with Gasteiger partial charge < -0.3 is 9.32 Å². The molecule has 0 saturated heterocycles. The van der Waals surface area contributed by atoms with Crippen molar-refractivity contribution in [3.05, 3.63) is 211 Å². The van der Waals surface area contributed by atoms with E-state index in [-0.39, 0.29) is 5.41 Å². The van der Waals surface area contributed by atoms with Crippen LogP contribution in [-0.2, 0) is 5.41 Å². The van der Waals surface area contributed by atoms with Crippen LogP contribution in [0.3, 0.4) is 0 Å². The third-order valence-corrected chi connectivity index (χ3v) is 12.8. The highest BCUT2D eigenvalue weighted by Crippen LogP contribution is 2.55. The average molecular weight is 754 g/mol. The molecule has 0 bridgehead atoms. The van der Waals surface area contributed by atoms with Gasteiger partial charge in [0.25, 0.3) is 0 Å². The molecule has 0 aliphatic heterocycles. The first-order valence-electron chi connectivity index (χ1n) is 20.5. The van der Waals surface area contributed by atoms with Crippen LogP contribution in [0.5, 0.6) is 0 Å². The fraction of sp³-hybridized carbons (Fsp3) is 0.0526. The van der Waals surface area contributed by atoms with Crippen molar-refractivity contribution in [3.8, 4) is 33.4 Å². The molecule has 0 radical (unpaired) electrons. The zero-order valence-electron chi connectivity index (χ0n) is 32.9. The van der Waals surface area contributed by atoms with Crippen molar-refractivity contribution in [1.29, 1.82) is 0 Å². The Morgan fingerprint density at radius 2 is 1.02 bits per heavy atom. The Morgan fingerprint density at radius 3 is 1.88 bits per heavy atom. The predicted molar refractivity (Wildman–Crippen MR) is 249 cm³/mol. The summed E-state index contributed by atoms with van der Waals surface area (Å²) < 4.78 is 6.61. The summed E-state index contributed by atoms with van der Waals surface area (Å²) in [6.45, 7) is 4.75. The first-order chi connectivity index (χ1) is 29.0. The molecule has 1 aliphatic rings. The molecule has 0 fully saturated rings. The van der Waals surface area contributed by atoms with Crippen molar-refractivity contribution in [2.75, 3.05) is 4.90 Å². The second-order valence-corrected chi connectivity index (χ2v) is 16.4. The maximum atomic E-state index is 6.61. The van der Waals surface area contributed by atoms with Crippen LogP contribution in [0.15, 0.2) is 205 Å². The van der Waals surface area contributed by atoms with Gasteiger partial charge in [0.15, 0.2) is 0 Å². The number of nitrogens with zero attached hydrogens (tertiary/aromatic N) is 1. The highest BCUT2D eigenvalue weighted by molar-refractivity contribution is 6.17. The third kappa shape index (κ3) is 5.06. The molecule has 1 heterocycles. The van der Waals surface area contributed by atoms with Crippen molar-refractivity contribution < 1.29 is 4.42 Å². The van der Waals surface area contributed by atoms with Gasteiger partial charge in [-0.1, -0.05) is 172 Å². The number of hydrogen-bond acceptors (Lipinski definition) is 2. The predicted octanol–water partition coefficient (Wildman–Crippen LogP) is 16.2. The number of rotatable bonds is 5. The number of anilines is 3. The summed E-state index contributed by atoms with van der Waals surface area (Å²) in [5.41, 5.74) is 15.0. The molecule has 2 nitrogen and oxygen atoms in total. The van der Waals surface area contributed by atoms with Crippen molar-refractivity contribution in [1.82, 2.24) is 0 Å². The lowest BCUT2D eigenvalue weighted by Gasteiger charge is -2.33. The Morgan fingerprint density at radius 1 is 0.390 bits per heavy atom. The van der Waals surface area contributed by atoms with E-state index in [0.29, 0.717) is 0 Å². The monoisotopic (exact) mass is 753 g/mol. The molecule has 0 atom stereocenters. The summed E-state index contributed by atoms with van der Waals surface area (Å²) in [4.78, 5) is 2.50. The summed E-state index contributed by atoms with van der Waals surface area (Å²) in [5.74, 6) is 0. The van der Waals surface area contributed by atoms with E-state index in [4.69, 9.17) is 4.42 Å². The van der Waals surface area contributed by atoms with Gasteiger partial charge in [0.05, 0.1) is 11.4 Å². The molecule has 0 saturated carbocycles. The van der Waals surface area contributed by atoms with E-state index in [1.54, 1.807) is 0 Å². The quantitative estimate of drug-likeness (QED) is 0.163. The molecule has 12 rings (SSSR count). The second kappa shape index (κ2) is 12.8. The normalized spacial score (nSPS) is 13.1. The van der Waals surface area contributed by atoms with Gasteiger partial charge in [0, 0.05) is 27.4 Å². The van der Waals surface area contributed by atoms with E-state index in [2.05, 4.69) is 219 Å². The van der Waals surface area contributed by atoms with E-state index < -0.39 is 0 Å². The Labute approximate surface area is 343 Å². The summed E-state index contributed by atoms with van der Waals surface area (Å²) in [6.07, 6.45) is 0. The molecule has 1 aliphatic carbocycles. The maximum Gasteiger partial charge on any atom is 0.136 e. The van der Waals surface area contributed by atoms with Crippen molar-refractivity contribution in [3.63, 3.8) is 0 Å². The van der Waals surface area contributed by atoms with Gasteiger partial charge in [-0.25, -0.2) is 0 Å². The smallest absolute Gasteiger partial charge is 0.136 e. The van der Waals surface area contributed by atoms with Crippen LogP contribution < -0.4 is 4.90 Å². The van der Waals surface area contributed by atoms with Gasteiger partial charge in [0.1, 0.15) is 11.2 Å². The lowest BCUT2D eigenvalue weighted by atomic mass is 9.81. The summed E-state index contributed by atoms with van der Waals surface area (Å²) in [5, 5.41) is 9.70. The van der Waals surface area contributed by atoms with E-state index in [9.17, 15) is 0 Å². The third-order valence-electron chi connectivity index (χ3n) is 12.8. The molecular formula is C57H39NO. The van der Waals surface area contributed by atoms with Gasteiger partial charge in [-0.2, -0.15) is 0 Å². The van der Waals surface area contributed by atoms with Crippen molar-refractivity contribution >= 4 is 71.3 Å². The summed E-state index contributed by atoms with van der Waals surface area (Å²) in [6, 6.07) is 73.2. The van der Waals surface area contributed by atoms with E-state index in [1.165, 1.54) is 71.4 Å². The van der Waals surface area contributed by atoms with Crippen LogP contribution in [0.4, 0.5) is 17.1 Å². The second-order valence-electron chi connectivity index (χ2n) is 16.4. The van der Waals surface area contributed by atoms with Gasteiger partial charge in [-0.3, -0.25) is 0 Å². The van der Waals surface area contributed by atoms with Crippen LogP contribution in [0, 0.1) is 0 Å². The molecule has 0 N–H and O–H groups in total. The summed E-state index contributed by atoms with van der Waals surface area (Å²) in [7, 11) is 0. The molecule has 2 heteroatoms. The zero-order chi connectivity index (χ0) is 39.2. The van der Waals surface area contributed by atoms with Gasteiger partial charge in [0.2, 0.25) is 0 Å². The van der Waals surface area contributed by atoms with Crippen LogP contribution in [0.1, 0.15) is 25.0 Å². The highest BCUT2D eigenvalue weighted by Gasteiger charge is 2.39. The molecule has 10 aromatic carbocycles. The Hall–Kier alpha value is -7.42. The fourth-order valence-corrected chi connectivity index (χ4v) is 10.1. The summed E-state index contributed by atoms with van der Waals surface area (Å²) >= 11 is 0. The Balaban J connectivity index is 1.09. The van der Waals surface area contributed by atoms with Gasteiger partial charge in [-0.15, -0.1) is 0 Å². The Kier molecular flexibility index (Phi) is 7.31. The van der Waals surface area contributed by atoms with E-state index >= 15 is 0 Å². The minimum Gasteiger partial charge on any atom is -0.456 e. The van der Waals surface area contributed by atoms with Crippen LogP contribution in [-0.4, -0.2) is 0 Å². The van der Waals surface area contributed by atoms with Gasteiger partial charge in [-0.05, 0) is 114 Å². The Bertz CT molecular complexity index is 3480. The van der Waals surface area contributed by atoms with Crippen molar-refractivity contribution in [2.24, 2.45) is 0 Å². The number of benzene rings is 10. The molecule has 278 valence electrons. The highest BCUT2D eigenvalue weighted by atomic mass is 16.3. The molecular weight excluding hydrogens is 715 g/mol. The number of hydrogen-bond donors (Lipinski definition) is 0. The van der Waals surface area contributed by atoms with Crippen LogP contribution in [0.25, 0.3) is 87.6 Å². The van der Waals surface area contributed by atoms with E-state index in [0.717, 1.165) is 44.4 Å². The first-order valence-corrected chi connectivity index (χ1v) is 20.5. The van der Waals surface area contributed by atoms with Gasteiger partial charge >= 0.3 is 0 Å². The SMILES string of the molecule is CC1(C)c2ccccc2-c2cccc(N(c3ccc(-c4cccc5c4ccc4ccccc45)cc3)c3ccccc3-c3cccc4oc5cc6ccccc6cc5c34)c21. The zero-order valence-corrected chi connectivity index (χ0v) is 32.9. The minimum atomic E-state index is -0.219. The van der Waals surface area contributed by atoms with Crippen molar-refractivity contribution in [2.45, 2.75) is 19.3 Å². The largest absolute Gasteiger partial charge is 0.456 e. The molecule has 11 aromatic rings. The topological polar surface area (TPSA) is 16.4 Å². The first kappa shape index (κ1) is 33.7. The molecule has 0 spiro atoms.